The van der Waals surface area contributed by atoms with Gasteiger partial charge in [0.2, 0.25) is 0 Å². The highest BCUT2D eigenvalue weighted by atomic mass is 35.5. The van der Waals surface area contributed by atoms with E-state index in [-0.39, 0.29) is 0 Å². The summed E-state index contributed by atoms with van der Waals surface area (Å²) in [5, 5.41) is 4.95. The number of benzene rings is 1. The molecule has 1 aromatic carbocycles. The molecule has 0 N–H and O–H groups in total. The number of halogens is 1. The van der Waals surface area contributed by atoms with E-state index in [2.05, 4.69) is 10.1 Å². The average Bonchev–Trinajstić information content (AvgIpc) is 2.56. The molecule has 0 saturated heterocycles. The van der Waals surface area contributed by atoms with Gasteiger partial charge < -0.3 is 0 Å². The number of rotatable bonds is 2. The first-order chi connectivity index (χ1) is 6.74. The van der Waals surface area contributed by atoms with Crippen molar-refractivity contribution >= 4 is 11.6 Å². The standard InChI is InChI=1S/C10H10ClN3/c1-8-12-7-14(13-8)6-9-2-4-10(11)5-3-9/h2-5,7H,6H2,1H3. The number of aromatic nitrogens is 3. The van der Waals surface area contributed by atoms with Gasteiger partial charge in [-0.3, -0.25) is 0 Å². The Kier molecular flexibility index (Phi) is 2.50. The van der Waals surface area contributed by atoms with Crippen LogP contribution in [0.2, 0.25) is 5.02 Å². The van der Waals surface area contributed by atoms with Crippen LogP contribution in [0.5, 0.6) is 0 Å². The van der Waals surface area contributed by atoms with Gasteiger partial charge in [-0.1, -0.05) is 23.7 Å². The summed E-state index contributed by atoms with van der Waals surface area (Å²) in [7, 11) is 0. The van der Waals surface area contributed by atoms with Gasteiger partial charge in [0.05, 0.1) is 6.54 Å². The van der Waals surface area contributed by atoms with Crippen LogP contribution in [0.15, 0.2) is 30.6 Å². The Morgan fingerprint density at radius 3 is 2.57 bits per heavy atom. The molecule has 1 heterocycles. The lowest BCUT2D eigenvalue weighted by Gasteiger charge is -2.00. The molecule has 0 aliphatic heterocycles. The minimum absolute atomic E-state index is 0.734. The minimum Gasteiger partial charge on any atom is -0.248 e. The van der Waals surface area contributed by atoms with E-state index in [1.807, 2.05) is 31.2 Å². The van der Waals surface area contributed by atoms with Crippen molar-refractivity contribution in [3.63, 3.8) is 0 Å². The molecule has 0 unspecified atom stereocenters. The lowest BCUT2D eigenvalue weighted by atomic mass is 10.2. The summed E-state index contributed by atoms with van der Waals surface area (Å²) in [6.07, 6.45) is 1.73. The minimum atomic E-state index is 0.734. The summed E-state index contributed by atoms with van der Waals surface area (Å²) in [4.78, 5) is 4.06. The maximum Gasteiger partial charge on any atom is 0.147 e. The van der Waals surface area contributed by atoms with E-state index in [0.29, 0.717) is 0 Å². The molecule has 0 amide bonds. The van der Waals surface area contributed by atoms with Crippen LogP contribution in [0.3, 0.4) is 0 Å². The number of aryl methyl sites for hydroxylation is 1. The van der Waals surface area contributed by atoms with Crippen molar-refractivity contribution in [1.82, 2.24) is 14.8 Å². The highest BCUT2D eigenvalue weighted by Gasteiger charge is 1.97. The molecule has 0 bridgehead atoms. The molecule has 0 spiro atoms. The summed E-state index contributed by atoms with van der Waals surface area (Å²) in [6, 6.07) is 7.72. The first-order valence-corrected chi connectivity index (χ1v) is 4.72. The smallest absolute Gasteiger partial charge is 0.147 e. The second-order valence-electron chi connectivity index (χ2n) is 3.12. The molecule has 0 fully saturated rings. The fourth-order valence-corrected chi connectivity index (χ4v) is 1.37. The maximum absolute atomic E-state index is 5.78. The zero-order chi connectivity index (χ0) is 9.97. The summed E-state index contributed by atoms with van der Waals surface area (Å²) in [6.45, 7) is 2.61. The first-order valence-electron chi connectivity index (χ1n) is 4.34. The Morgan fingerprint density at radius 2 is 2.00 bits per heavy atom. The fourth-order valence-electron chi connectivity index (χ4n) is 1.24. The van der Waals surface area contributed by atoms with Gasteiger partial charge in [-0.25, -0.2) is 9.67 Å². The third kappa shape index (κ3) is 2.12. The largest absolute Gasteiger partial charge is 0.248 e. The molecule has 0 radical (unpaired) electrons. The van der Waals surface area contributed by atoms with Crippen LogP contribution in [0, 0.1) is 6.92 Å². The van der Waals surface area contributed by atoms with Crippen molar-refractivity contribution in [2.24, 2.45) is 0 Å². The van der Waals surface area contributed by atoms with Crippen LogP contribution in [0.1, 0.15) is 11.4 Å². The fraction of sp³-hybridized carbons (Fsp3) is 0.200. The van der Waals surface area contributed by atoms with Gasteiger partial charge in [-0.2, -0.15) is 5.10 Å². The van der Waals surface area contributed by atoms with Crippen molar-refractivity contribution in [3.8, 4) is 0 Å². The van der Waals surface area contributed by atoms with Crippen molar-refractivity contribution in [2.75, 3.05) is 0 Å². The highest BCUT2D eigenvalue weighted by Crippen LogP contribution is 2.10. The van der Waals surface area contributed by atoms with E-state index in [1.165, 1.54) is 5.56 Å². The first kappa shape index (κ1) is 9.21. The Balaban J connectivity index is 2.15. The van der Waals surface area contributed by atoms with E-state index in [1.54, 1.807) is 11.0 Å². The van der Waals surface area contributed by atoms with E-state index < -0.39 is 0 Å². The van der Waals surface area contributed by atoms with Crippen molar-refractivity contribution < 1.29 is 0 Å². The Bertz CT molecular complexity index is 419. The molecule has 0 atom stereocenters. The van der Waals surface area contributed by atoms with Crippen molar-refractivity contribution in [1.29, 1.82) is 0 Å². The van der Waals surface area contributed by atoms with Gasteiger partial charge in [0.1, 0.15) is 12.2 Å². The van der Waals surface area contributed by atoms with Gasteiger partial charge in [0.25, 0.3) is 0 Å². The van der Waals surface area contributed by atoms with Crippen molar-refractivity contribution in [2.45, 2.75) is 13.5 Å². The monoisotopic (exact) mass is 207 g/mol. The van der Waals surface area contributed by atoms with Crippen LogP contribution < -0.4 is 0 Å². The number of nitrogens with zero attached hydrogens (tertiary/aromatic N) is 3. The van der Waals surface area contributed by atoms with Gasteiger partial charge in [0.15, 0.2) is 0 Å². The Hall–Kier alpha value is -1.35. The van der Waals surface area contributed by atoms with Gasteiger partial charge in [-0.05, 0) is 24.6 Å². The quantitative estimate of drug-likeness (QED) is 0.757. The number of hydrogen-bond donors (Lipinski definition) is 0. The summed E-state index contributed by atoms with van der Waals surface area (Å²) >= 11 is 5.78. The molecule has 3 nitrogen and oxygen atoms in total. The second-order valence-corrected chi connectivity index (χ2v) is 3.55. The topological polar surface area (TPSA) is 30.7 Å². The van der Waals surface area contributed by atoms with Crippen LogP contribution in [-0.4, -0.2) is 14.8 Å². The molecule has 0 saturated carbocycles. The predicted molar refractivity (Wildman–Crippen MR) is 55.3 cm³/mol. The van der Waals surface area contributed by atoms with Crippen LogP contribution >= 0.6 is 11.6 Å². The Labute approximate surface area is 87.3 Å². The zero-order valence-electron chi connectivity index (χ0n) is 7.81. The van der Waals surface area contributed by atoms with E-state index in [0.717, 1.165) is 17.4 Å². The van der Waals surface area contributed by atoms with E-state index in [9.17, 15) is 0 Å². The third-order valence-electron chi connectivity index (χ3n) is 1.91. The molecule has 0 aliphatic carbocycles. The van der Waals surface area contributed by atoms with Gasteiger partial charge in [0, 0.05) is 5.02 Å². The SMILES string of the molecule is Cc1ncn(Cc2ccc(Cl)cc2)n1. The average molecular weight is 208 g/mol. The number of hydrogen-bond acceptors (Lipinski definition) is 2. The van der Waals surface area contributed by atoms with Crippen LogP contribution in [0.25, 0.3) is 0 Å². The van der Waals surface area contributed by atoms with E-state index >= 15 is 0 Å². The zero-order valence-corrected chi connectivity index (χ0v) is 8.57. The second kappa shape index (κ2) is 3.80. The third-order valence-corrected chi connectivity index (χ3v) is 2.16. The molecule has 2 rings (SSSR count). The Morgan fingerprint density at radius 1 is 1.29 bits per heavy atom. The highest BCUT2D eigenvalue weighted by molar-refractivity contribution is 6.30. The lowest BCUT2D eigenvalue weighted by molar-refractivity contribution is 0.679. The maximum atomic E-state index is 5.78. The molecule has 2 aromatic rings. The molecule has 1 aromatic heterocycles. The molecule has 0 aliphatic rings. The van der Waals surface area contributed by atoms with Crippen molar-refractivity contribution in [3.05, 3.63) is 47.0 Å². The van der Waals surface area contributed by atoms with Gasteiger partial charge in [-0.15, -0.1) is 0 Å². The molecular weight excluding hydrogens is 198 g/mol. The molecule has 4 heteroatoms. The van der Waals surface area contributed by atoms with Crippen LogP contribution in [0.4, 0.5) is 0 Å². The lowest BCUT2D eigenvalue weighted by Crippen LogP contribution is -1.99. The normalized spacial score (nSPS) is 10.4. The van der Waals surface area contributed by atoms with E-state index in [4.69, 9.17) is 11.6 Å². The molecular formula is C10H10ClN3. The summed E-state index contributed by atoms with van der Waals surface area (Å²) in [5.41, 5.74) is 1.17. The molecule has 14 heavy (non-hydrogen) atoms. The van der Waals surface area contributed by atoms with Crippen LogP contribution in [-0.2, 0) is 6.54 Å². The summed E-state index contributed by atoms with van der Waals surface area (Å²) in [5.74, 6) is 0.791. The molecule has 72 valence electrons. The predicted octanol–water partition coefficient (Wildman–Crippen LogP) is 2.29. The van der Waals surface area contributed by atoms with Gasteiger partial charge >= 0.3 is 0 Å². The summed E-state index contributed by atoms with van der Waals surface area (Å²) < 4.78 is 1.80.